The predicted octanol–water partition coefficient (Wildman–Crippen LogP) is 3.75. The van der Waals surface area contributed by atoms with E-state index in [9.17, 15) is 4.79 Å². The fraction of sp³-hybridized carbons (Fsp3) is 0.850. The Morgan fingerprint density at radius 2 is 2.08 bits per heavy atom. The predicted molar refractivity (Wildman–Crippen MR) is 97.1 cm³/mol. The van der Waals surface area contributed by atoms with Gasteiger partial charge in [-0.15, -0.1) is 10.2 Å². The van der Waals surface area contributed by atoms with Crippen molar-refractivity contribution in [1.29, 1.82) is 0 Å². The molecular weight excluding hydrogens is 312 g/mol. The number of likely N-dealkylation sites (tertiary alicyclic amines) is 1. The van der Waals surface area contributed by atoms with E-state index >= 15 is 0 Å². The van der Waals surface area contributed by atoms with Gasteiger partial charge in [-0.3, -0.25) is 4.79 Å². The van der Waals surface area contributed by atoms with Gasteiger partial charge < -0.3 is 9.47 Å². The van der Waals surface area contributed by atoms with Crippen molar-refractivity contribution >= 4 is 5.91 Å². The lowest BCUT2D eigenvalue weighted by Crippen LogP contribution is -2.38. The number of aryl methyl sites for hydroxylation is 1. The molecule has 3 aliphatic rings. The first-order valence-corrected chi connectivity index (χ1v) is 10.4. The minimum Gasteiger partial charge on any atom is -0.341 e. The van der Waals surface area contributed by atoms with E-state index in [0.29, 0.717) is 11.8 Å². The normalized spacial score (nSPS) is 25.6. The van der Waals surface area contributed by atoms with Crippen molar-refractivity contribution in [2.75, 3.05) is 13.1 Å². The summed E-state index contributed by atoms with van der Waals surface area (Å²) in [7, 11) is 0. The van der Waals surface area contributed by atoms with Crippen LogP contribution in [0.15, 0.2) is 6.33 Å². The minimum absolute atomic E-state index is 0.279. The molecule has 1 aliphatic heterocycles. The third-order valence-corrected chi connectivity index (χ3v) is 7.01. The van der Waals surface area contributed by atoms with Crippen molar-refractivity contribution in [3.8, 4) is 0 Å². The van der Waals surface area contributed by atoms with Gasteiger partial charge in [-0.25, -0.2) is 0 Å². The molecule has 1 atom stereocenters. The number of carbonyl (C=O) groups is 1. The zero-order chi connectivity index (χ0) is 17.3. The van der Waals surface area contributed by atoms with Gasteiger partial charge >= 0.3 is 0 Å². The van der Waals surface area contributed by atoms with Crippen LogP contribution in [0.25, 0.3) is 0 Å². The lowest BCUT2D eigenvalue weighted by molar-refractivity contribution is -0.131. The number of amides is 1. The molecule has 138 valence electrons. The van der Waals surface area contributed by atoms with E-state index in [1.807, 2.05) is 6.33 Å². The molecule has 1 amide bonds. The molecule has 2 aliphatic carbocycles. The fourth-order valence-corrected chi connectivity index (χ4v) is 5.38. The van der Waals surface area contributed by atoms with Crippen molar-refractivity contribution in [2.24, 2.45) is 11.3 Å². The summed E-state index contributed by atoms with van der Waals surface area (Å²) in [4.78, 5) is 15.0. The van der Waals surface area contributed by atoms with Crippen LogP contribution in [0.2, 0.25) is 0 Å². The molecule has 1 saturated heterocycles. The molecule has 1 aromatic heterocycles. The first-order valence-electron chi connectivity index (χ1n) is 10.4. The minimum atomic E-state index is 0.279. The summed E-state index contributed by atoms with van der Waals surface area (Å²) in [5, 5.41) is 8.65. The highest BCUT2D eigenvalue weighted by Gasteiger charge is 2.53. The van der Waals surface area contributed by atoms with Crippen molar-refractivity contribution in [3.63, 3.8) is 0 Å². The van der Waals surface area contributed by atoms with Gasteiger partial charge in [0.2, 0.25) is 5.91 Å². The first kappa shape index (κ1) is 17.0. The number of carbonyl (C=O) groups excluding carboxylic acids is 1. The number of hydrogen-bond donors (Lipinski definition) is 0. The van der Waals surface area contributed by atoms with E-state index in [4.69, 9.17) is 0 Å². The summed E-state index contributed by atoms with van der Waals surface area (Å²) >= 11 is 0. The second kappa shape index (κ2) is 7.08. The molecular formula is C20H32N4O. The summed E-state index contributed by atoms with van der Waals surface area (Å²) in [5.41, 5.74) is 0.279. The molecule has 4 rings (SSSR count). The van der Waals surface area contributed by atoms with Gasteiger partial charge in [0.05, 0.1) is 0 Å². The van der Waals surface area contributed by atoms with Crippen LogP contribution in [0.5, 0.6) is 0 Å². The van der Waals surface area contributed by atoms with Crippen molar-refractivity contribution < 1.29 is 4.79 Å². The summed E-state index contributed by atoms with van der Waals surface area (Å²) in [6.07, 6.45) is 14.0. The largest absolute Gasteiger partial charge is 0.341 e. The van der Waals surface area contributed by atoms with Crippen molar-refractivity contribution in [1.82, 2.24) is 19.7 Å². The molecule has 5 nitrogen and oxygen atoms in total. The zero-order valence-electron chi connectivity index (χ0n) is 15.6. The lowest BCUT2D eigenvalue weighted by atomic mass is 9.62. The number of aromatic nitrogens is 3. The number of rotatable bonds is 6. The molecule has 3 fully saturated rings. The van der Waals surface area contributed by atoms with Crippen LogP contribution in [0.1, 0.15) is 82.9 Å². The van der Waals surface area contributed by atoms with E-state index in [1.165, 1.54) is 44.9 Å². The van der Waals surface area contributed by atoms with Gasteiger partial charge in [0, 0.05) is 32.0 Å². The van der Waals surface area contributed by atoms with Crippen LogP contribution in [0, 0.1) is 11.3 Å². The van der Waals surface area contributed by atoms with Gasteiger partial charge in [-0.1, -0.05) is 39.0 Å². The fourth-order valence-electron chi connectivity index (χ4n) is 5.38. The molecule has 25 heavy (non-hydrogen) atoms. The zero-order valence-corrected chi connectivity index (χ0v) is 15.6. The third-order valence-electron chi connectivity index (χ3n) is 7.01. The molecule has 0 N–H and O–H groups in total. The van der Waals surface area contributed by atoms with Crippen LogP contribution in [0.3, 0.4) is 0 Å². The van der Waals surface area contributed by atoms with Crippen molar-refractivity contribution in [3.05, 3.63) is 12.2 Å². The highest BCUT2D eigenvalue weighted by atomic mass is 16.2. The molecule has 1 unspecified atom stereocenters. The lowest BCUT2D eigenvalue weighted by Gasteiger charge is -2.42. The van der Waals surface area contributed by atoms with E-state index in [2.05, 4.69) is 26.6 Å². The van der Waals surface area contributed by atoms with Gasteiger partial charge in [-0.05, 0) is 37.0 Å². The topological polar surface area (TPSA) is 51.0 Å². The first-order chi connectivity index (χ1) is 12.2. The smallest absolute Gasteiger partial charge is 0.222 e. The van der Waals surface area contributed by atoms with E-state index < -0.39 is 0 Å². The van der Waals surface area contributed by atoms with Crippen LogP contribution in [0.4, 0.5) is 0 Å². The summed E-state index contributed by atoms with van der Waals surface area (Å²) in [6.45, 7) is 4.97. The van der Waals surface area contributed by atoms with Gasteiger partial charge in [0.15, 0.2) is 0 Å². The maximum atomic E-state index is 12.8. The summed E-state index contributed by atoms with van der Waals surface area (Å²) in [5.74, 6) is 2.67. The van der Waals surface area contributed by atoms with E-state index in [1.54, 1.807) is 0 Å². The van der Waals surface area contributed by atoms with Crippen LogP contribution >= 0.6 is 0 Å². The third kappa shape index (κ3) is 3.22. The maximum Gasteiger partial charge on any atom is 0.222 e. The van der Waals surface area contributed by atoms with Crippen LogP contribution < -0.4 is 0 Å². The highest BCUT2D eigenvalue weighted by molar-refractivity contribution is 5.76. The Hall–Kier alpha value is -1.39. The molecule has 0 radical (unpaired) electrons. The Labute approximate surface area is 151 Å². The van der Waals surface area contributed by atoms with E-state index in [-0.39, 0.29) is 5.41 Å². The molecule has 0 aromatic carbocycles. The average molecular weight is 345 g/mol. The van der Waals surface area contributed by atoms with Crippen LogP contribution in [-0.4, -0.2) is 38.7 Å². The van der Waals surface area contributed by atoms with Gasteiger partial charge in [0.25, 0.3) is 0 Å². The second-order valence-electron chi connectivity index (χ2n) is 8.61. The standard InChI is InChI=1S/C20H32N4O/c1-2-12-23-15-21-22-19(23)17-13-24(14-20(17)10-5-11-20)18(25)9-8-16-6-3-4-7-16/h15-17H,2-14H2,1H3. The van der Waals surface area contributed by atoms with Crippen molar-refractivity contribution in [2.45, 2.75) is 83.6 Å². The Balaban J connectivity index is 1.43. The highest BCUT2D eigenvalue weighted by Crippen LogP contribution is 2.55. The Bertz CT molecular complexity index is 601. The van der Waals surface area contributed by atoms with Gasteiger partial charge in [0.1, 0.15) is 12.2 Å². The van der Waals surface area contributed by atoms with Crippen LogP contribution in [-0.2, 0) is 11.3 Å². The molecule has 2 saturated carbocycles. The summed E-state index contributed by atoms with van der Waals surface area (Å²) < 4.78 is 2.22. The molecule has 0 bridgehead atoms. The quantitative estimate of drug-likeness (QED) is 0.789. The Morgan fingerprint density at radius 3 is 2.76 bits per heavy atom. The number of hydrogen-bond acceptors (Lipinski definition) is 3. The molecule has 1 spiro atoms. The van der Waals surface area contributed by atoms with E-state index in [0.717, 1.165) is 50.6 Å². The second-order valence-corrected chi connectivity index (χ2v) is 8.61. The molecule has 5 heteroatoms. The SMILES string of the molecule is CCCn1cnnc1C1CN(C(=O)CCC2CCCC2)CC12CCC2. The summed E-state index contributed by atoms with van der Waals surface area (Å²) in [6, 6.07) is 0. The Kier molecular flexibility index (Phi) is 4.83. The maximum absolute atomic E-state index is 12.8. The Morgan fingerprint density at radius 1 is 1.28 bits per heavy atom. The van der Waals surface area contributed by atoms with Gasteiger partial charge in [-0.2, -0.15) is 0 Å². The number of nitrogens with zero attached hydrogens (tertiary/aromatic N) is 4. The molecule has 1 aromatic rings. The average Bonchev–Trinajstić information content (AvgIpc) is 3.30. The molecule has 2 heterocycles. The monoisotopic (exact) mass is 344 g/mol.